The highest BCUT2D eigenvalue weighted by Crippen LogP contribution is 2.27. The van der Waals surface area contributed by atoms with Gasteiger partial charge in [0, 0.05) is 23.4 Å². The maximum atomic E-state index is 14.1. The number of fused-ring (bicyclic) bond motifs is 3. The lowest BCUT2D eigenvalue weighted by Gasteiger charge is -2.19. The molecule has 180 valence electrons. The fraction of sp³-hybridized carbons (Fsp3) is 0.552. The molecule has 2 aromatic carbocycles. The first kappa shape index (κ1) is 25.4. The topological polar surface area (TPSA) is 31.4 Å². The van der Waals surface area contributed by atoms with Gasteiger partial charge in [0.15, 0.2) is 0 Å². The molecular formula is C29H40FNO2. The highest BCUT2D eigenvalue weighted by molar-refractivity contribution is 6.06. The van der Waals surface area contributed by atoms with Crippen LogP contribution in [0.3, 0.4) is 0 Å². The van der Waals surface area contributed by atoms with Gasteiger partial charge < -0.3 is 9.47 Å². The molecule has 0 radical (unpaired) electrons. The molecule has 1 unspecified atom stereocenters. The Morgan fingerprint density at radius 3 is 2.42 bits per heavy atom. The van der Waals surface area contributed by atoms with Crippen LogP contribution in [0.2, 0.25) is 0 Å². The summed E-state index contributed by atoms with van der Waals surface area (Å²) in [6.07, 6.45) is 10.9. The number of rotatable bonds is 15. The van der Waals surface area contributed by atoms with Gasteiger partial charge in [-0.3, -0.25) is 0 Å². The minimum absolute atomic E-state index is 0.0894. The van der Waals surface area contributed by atoms with Gasteiger partial charge in [0.25, 0.3) is 0 Å². The van der Waals surface area contributed by atoms with E-state index in [1.807, 2.05) is 24.3 Å². The lowest BCUT2D eigenvalue weighted by molar-refractivity contribution is 0.0108. The number of aromatic nitrogens is 1. The molecular weight excluding hydrogens is 413 g/mol. The molecule has 0 aliphatic carbocycles. The van der Waals surface area contributed by atoms with Gasteiger partial charge in [0.1, 0.15) is 12.4 Å². The largest absolute Gasteiger partial charge is 0.475 e. The summed E-state index contributed by atoms with van der Waals surface area (Å²) in [5.74, 6) is 1.13. The molecule has 4 heteroatoms. The molecule has 0 aliphatic heterocycles. The van der Waals surface area contributed by atoms with Crippen molar-refractivity contribution in [3.05, 3.63) is 48.3 Å². The molecule has 1 aromatic heterocycles. The zero-order valence-electron chi connectivity index (χ0n) is 20.6. The van der Waals surface area contributed by atoms with Crippen molar-refractivity contribution in [2.45, 2.75) is 84.7 Å². The minimum atomic E-state index is -0.207. The zero-order chi connectivity index (χ0) is 23.5. The molecule has 1 heterocycles. The van der Waals surface area contributed by atoms with E-state index in [0.717, 1.165) is 48.1 Å². The third-order valence-corrected chi connectivity index (χ3v) is 6.23. The van der Waals surface area contributed by atoms with Gasteiger partial charge in [0.2, 0.25) is 5.88 Å². The van der Waals surface area contributed by atoms with Gasteiger partial charge in [-0.15, -0.1) is 0 Å². The average molecular weight is 454 g/mol. The van der Waals surface area contributed by atoms with E-state index in [9.17, 15) is 4.39 Å². The molecule has 3 aromatic rings. The summed E-state index contributed by atoms with van der Waals surface area (Å²) in [6, 6.07) is 12.7. The highest BCUT2D eigenvalue weighted by Gasteiger charge is 2.12. The van der Waals surface area contributed by atoms with Crippen LogP contribution in [0.1, 0.15) is 78.6 Å². The number of pyridine rings is 1. The van der Waals surface area contributed by atoms with Crippen molar-refractivity contribution in [3.63, 3.8) is 0 Å². The number of benzene rings is 2. The third-order valence-electron chi connectivity index (χ3n) is 6.23. The van der Waals surface area contributed by atoms with Crippen molar-refractivity contribution >= 4 is 21.7 Å². The lowest BCUT2D eigenvalue weighted by atomic mass is 10.0. The molecule has 0 fully saturated rings. The van der Waals surface area contributed by atoms with E-state index < -0.39 is 0 Å². The monoisotopic (exact) mass is 453 g/mol. The van der Waals surface area contributed by atoms with Crippen LogP contribution in [-0.2, 0) is 4.74 Å². The summed E-state index contributed by atoms with van der Waals surface area (Å²) in [4.78, 5) is 4.68. The predicted molar refractivity (Wildman–Crippen MR) is 137 cm³/mol. The van der Waals surface area contributed by atoms with Gasteiger partial charge in [-0.1, -0.05) is 77.8 Å². The first-order valence-electron chi connectivity index (χ1n) is 12.8. The Hall–Kier alpha value is -2.20. The number of nitrogens with zero attached hydrogens (tertiary/aromatic N) is 1. The standard InChI is InChI=1S/C29H40FNO2/c1-4-5-6-7-10-20-32-23(13-9-8-12-22(2)3)21-33-29-19-17-26-24-14-11-15-27(30)25(24)16-18-28(26)31-29/h11,14-19,22-23H,4-10,12-13,20-21H2,1-3H3. The van der Waals surface area contributed by atoms with Crippen molar-refractivity contribution in [3.8, 4) is 5.88 Å². The second kappa shape index (κ2) is 13.5. The Morgan fingerprint density at radius 1 is 0.818 bits per heavy atom. The molecule has 33 heavy (non-hydrogen) atoms. The van der Waals surface area contributed by atoms with E-state index in [2.05, 4.69) is 25.8 Å². The third kappa shape index (κ3) is 7.96. The second-order valence-electron chi connectivity index (χ2n) is 9.51. The Labute approximate surface area is 198 Å². The molecule has 1 atom stereocenters. The summed E-state index contributed by atoms with van der Waals surface area (Å²) in [5, 5.41) is 2.43. The summed E-state index contributed by atoms with van der Waals surface area (Å²) < 4.78 is 26.4. The summed E-state index contributed by atoms with van der Waals surface area (Å²) in [6.45, 7) is 8.09. The Balaban J connectivity index is 1.59. The first-order chi connectivity index (χ1) is 16.1. The molecule has 0 saturated carbocycles. The molecule has 0 spiro atoms. The van der Waals surface area contributed by atoms with Crippen LogP contribution >= 0.6 is 0 Å². The van der Waals surface area contributed by atoms with Gasteiger partial charge in [-0.25, -0.2) is 9.37 Å². The van der Waals surface area contributed by atoms with Crippen LogP contribution in [0.5, 0.6) is 5.88 Å². The zero-order valence-corrected chi connectivity index (χ0v) is 20.6. The van der Waals surface area contributed by atoms with Crippen molar-refractivity contribution in [2.24, 2.45) is 5.92 Å². The van der Waals surface area contributed by atoms with Crippen molar-refractivity contribution in [2.75, 3.05) is 13.2 Å². The molecule has 0 amide bonds. The Bertz CT molecular complexity index is 988. The summed E-state index contributed by atoms with van der Waals surface area (Å²) in [7, 11) is 0. The van der Waals surface area contributed by atoms with Crippen LogP contribution in [0, 0.1) is 11.7 Å². The number of ether oxygens (including phenoxy) is 2. The van der Waals surface area contributed by atoms with Gasteiger partial charge in [-0.2, -0.15) is 0 Å². The van der Waals surface area contributed by atoms with Crippen LogP contribution in [0.25, 0.3) is 21.7 Å². The predicted octanol–water partition coefficient (Wildman–Crippen LogP) is 8.48. The highest BCUT2D eigenvalue weighted by atomic mass is 19.1. The normalized spacial score (nSPS) is 12.6. The van der Waals surface area contributed by atoms with E-state index >= 15 is 0 Å². The minimum Gasteiger partial charge on any atom is -0.475 e. The molecule has 0 saturated heterocycles. The van der Waals surface area contributed by atoms with Crippen LogP contribution in [0.4, 0.5) is 4.39 Å². The van der Waals surface area contributed by atoms with E-state index in [1.165, 1.54) is 44.6 Å². The van der Waals surface area contributed by atoms with Gasteiger partial charge in [0.05, 0.1) is 11.6 Å². The molecule has 0 aliphatic rings. The van der Waals surface area contributed by atoms with E-state index in [4.69, 9.17) is 9.47 Å². The van der Waals surface area contributed by atoms with Crippen molar-refractivity contribution in [1.82, 2.24) is 4.98 Å². The lowest BCUT2D eigenvalue weighted by Crippen LogP contribution is -2.23. The molecule has 0 N–H and O–H groups in total. The average Bonchev–Trinajstić information content (AvgIpc) is 2.81. The summed E-state index contributed by atoms with van der Waals surface area (Å²) in [5.41, 5.74) is 0.816. The smallest absolute Gasteiger partial charge is 0.213 e. The fourth-order valence-corrected chi connectivity index (χ4v) is 4.27. The summed E-state index contributed by atoms with van der Waals surface area (Å²) >= 11 is 0. The SMILES string of the molecule is CCCCCCCOC(CCCCC(C)C)COc1ccc2c(ccc3c(F)cccc32)n1. The van der Waals surface area contributed by atoms with Crippen LogP contribution in [-0.4, -0.2) is 24.3 Å². The quantitative estimate of drug-likeness (QED) is 0.171. The van der Waals surface area contributed by atoms with Crippen molar-refractivity contribution < 1.29 is 13.9 Å². The number of halogens is 1. The van der Waals surface area contributed by atoms with E-state index in [0.29, 0.717) is 17.9 Å². The number of unbranched alkanes of at least 4 members (excludes halogenated alkanes) is 5. The Kier molecular flexibility index (Phi) is 10.4. The van der Waals surface area contributed by atoms with E-state index in [-0.39, 0.29) is 11.9 Å². The van der Waals surface area contributed by atoms with E-state index in [1.54, 1.807) is 12.1 Å². The van der Waals surface area contributed by atoms with Crippen LogP contribution < -0.4 is 4.74 Å². The maximum absolute atomic E-state index is 14.1. The first-order valence-corrected chi connectivity index (χ1v) is 12.8. The maximum Gasteiger partial charge on any atom is 0.213 e. The number of hydrogen-bond donors (Lipinski definition) is 0. The fourth-order valence-electron chi connectivity index (χ4n) is 4.27. The molecule has 3 nitrogen and oxygen atoms in total. The number of hydrogen-bond acceptors (Lipinski definition) is 3. The molecule has 0 bridgehead atoms. The van der Waals surface area contributed by atoms with Gasteiger partial charge in [-0.05, 0) is 48.4 Å². The second-order valence-corrected chi connectivity index (χ2v) is 9.51. The Morgan fingerprint density at radius 2 is 1.61 bits per heavy atom. The van der Waals surface area contributed by atoms with Crippen molar-refractivity contribution in [1.29, 1.82) is 0 Å². The van der Waals surface area contributed by atoms with Crippen LogP contribution in [0.15, 0.2) is 42.5 Å². The molecule has 3 rings (SSSR count). The van der Waals surface area contributed by atoms with Gasteiger partial charge >= 0.3 is 0 Å².